The van der Waals surface area contributed by atoms with Gasteiger partial charge in [-0.1, -0.05) is 76.3 Å². The van der Waals surface area contributed by atoms with Gasteiger partial charge in [-0.25, -0.2) is 0 Å². The Morgan fingerprint density at radius 3 is 2.32 bits per heavy atom. The Balaban J connectivity index is 1.51. The van der Waals surface area contributed by atoms with Crippen LogP contribution in [0.4, 0.5) is 0 Å². The van der Waals surface area contributed by atoms with Crippen LogP contribution in [0.3, 0.4) is 0 Å². The summed E-state index contributed by atoms with van der Waals surface area (Å²) in [5, 5.41) is 3.10. The summed E-state index contributed by atoms with van der Waals surface area (Å²) < 4.78 is 0. The highest BCUT2D eigenvalue weighted by atomic mass is 16.2. The van der Waals surface area contributed by atoms with Crippen LogP contribution in [0.5, 0.6) is 0 Å². The number of aromatic nitrogens is 1. The van der Waals surface area contributed by atoms with Crippen molar-refractivity contribution in [2.24, 2.45) is 17.8 Å². The predicted octanol–water partition coefficient (Wildman–Crippen LogP) is 5.13. The van der Waals surface area contributed by atoms with E-state index in [1.165, 1.54) is 17.5 Å². The van der Waals surface area contributed by atoms with Gasteiger partial charge in [0.05, 0.1) is 5.69 Å². The third-order valence-electron chi connectivity index (χ3n) is 8.69. The van der Waals surface area contributed by atoms with Gasteiger partial charge in [-0.15, -0.1) is 0 Å². The lowest BCUT2D eigenvalue weighted by Crippen LogP contribution is -2.67. The number of carbonyl (C=O) groups excluding carboxylic acids is 3. The third kappa shape index (κ3) is 5.55. The highest BCUT2D eigenvalue weighted by molar-refractivity contribution is 6.00. The molecule has 3 atom stereocenters. The van der Waals surface area contributed by atoms with Gasteiger partial charge in [0.15, 0.2) is 5.78 Å². The summed E-state index contributed by atoms with van der Waals surface area (Å²) in [6, 6.07) is 11.7. The maximum atomic E-state index is 14.4. The maximum Gasteiger partial charge on any atom is 0.247 e. The van der Waals surface area contributed by atoms with Crippen molar-refractivity contribution in [2.75, 3.05) is 0 Å². The number of amides is 2. The largest absolute Gasteiger partial charge is 0.342 e. The molecule has 2 aliphatic carbocycles. The molecule has 1 saturated heterocycles. The normalized spacial score (nSPS) is 23.4. The zero-order valence-corrected chi connectivity index (χ0v) is 23.0. The van der Waals surface area contributed by atoms with Gasteiger partial charge in [-0.05, 0) is 67.2 Å². The molecule has 5 rings (SSSR count). The molecule has 1 saturated carbocycles. The van der Waals surface area contributed by atoms with Gasteiger partial charge in [0.2, 0.25) is 11.8 Å². The van der Waals surface area contributed by atoms with Crippen molar-refractivity contribution in [3.05, 3.63) is 65.0 Å². The average molecular weight is 516 g/mol. The smallest absolute Gasteiger partial charge is 0.247 e. The van der Waals surface area contributed by atoms with Crippen molar-refractivity contribution in [1.29, 1.82) is 0 Å². The summed E-state index contributed by atoms with van der Waals surface area (Å²) in [7, 11) is 0. The lowest BCUT2D eigenvalue weighted by atomic mass is 9.83. The molecule has 2 fully saturated rings. The van der Waals surface area contributed by atoms with E-state index in [4.69, 9.17) is 4.98 Å². The number of fused-ring (bicyclic) bond motifs is 1. The second-order valence-corrected chi connectivity index (χ2v) is 12.1. The van der Waals surface area contributed by atoms with Crippen LogP contribution in [0.1, 0.15) is 87.3 Å². The molecule has 0 spiro atoms. The molecular formula is C32H41N3O3. The van der Waals surface area contributed by atoms with Crippen LogP contribution in [-0.4, -0.2) is 39.6 Å². The number of rotatable bonds is 8. The minimum atomic E-state index is -0.842. The van der Waals surface area contributed by atoms with Crippen LogP contribution in [0, 0.1) is 24.7 Å². The Morgan fingerprint density at radius 2 is 1.68 bits per heavy atom. The van der Waals surface area contributed by atoms with E-state index in [0.717, 1.165) is 44.2 Å². The number of hydrogen-bond acceptors (Lipinski definition) is 4. The van der Waals surface area contributed by atoms with Gasteiger partial charge >= 0.3 is 0 Å². The second kappa shape index (κ2) is 11.4. The van der Waals surface area contributed by atoms with E-state index >= 15 is 0 Å². The molecule has 202 valence electrons. The molecule has 1 aromatic heterocycles. The van der Waals surface area contributed by atoms with Gasteiger partial charge in [-0.3, -0.25) is 19.4 Å². The number of pyridine rings is 1. The summed E-state index contributed by atoms with van der Waals surface area (Å²) in [6.45, 7) is 6.01. The summed E-state index contributed by atoms with van der Waals surface area (Å²) in [5.41, 5.74) is 3.85. The predicted molar refractivity (Wildman–Crippen MR) is 147 cm³/mol. The molecule has 0 radical (unpaired) electrons. The first-order valence-electron chi connectivity index (χ1n) is 14.5. The Kier molecular flexibility index (Phi) is 7.96. The van der Waals surface area contributed by atoms with Crippen molar-refractivity contribution < 1.29 is 14.4 Å². The molecule has 38 heavy (non-hydrogen) atoms. The molecular weight excluding hydrogens is 474 g/mol. The number of aryl methyl sites for hydroxylation is 1. The summed E-state index contributed by atoms with van der Waals surface area (Å²) in [5.74, 6) is 0.223. The van der Waals surface area contributed by atoms with E-state index in [2.05, 4.69) is 31.3 Å². The van der Waals surface area contributed by atoms with E-state index in [9.17, 15) is 14.4 Å². The topological polar surface area (TPSA) is 79.4 Å². The van der Waals surface area contributed by atoms with Crippen LogP contribution in [0.25, 0.3) is 0 Å². The fourth-order valence-electron chi connectivity index (χ4n) is 6.84. The Bertz CT molecular complexity index is 1160. The first-order valence-corrected chi connectivity index (χ1v) is 14.5. The molecule has 1 aromatic carbocycles. The minimum absolute atomic E-state index is 0.0141. The zero-order chi connectivity index (χ0) is 26.8. The van der Waals surface area contributed by atoms with Crippen LogP contribution < -0.4 is 5.32 Å². The fraction of sp³-hybridized carbons (Fsp3) is 0.562. The van der Waals surface area contributed by atoms with Gasteiger partial charge in [0.1, 0.15) is 18.1 Å². The molecule has 2 amide bonds. The highest BCUT2D eigenvalue weighted by Gasteiger charge is 2.49. The monoisotopic (exact) mass is 515 g/mol. The highest BCUT2D eigenvalue weighted by Crippen LogP contribution is 2.37. The van der Waals surface area contributed by atoms with E-state index in [1.54, 1.807) is 4.90 Å². The van der Waals surface area contributed by atoms with E-state index < -0.39 is 18.1 Å². The first-order chi connectivity index (χ1) is 18.3. The summed E-state index contributed by atoms with van der Waals surface area (Å²) in [6.07, 6.45) is 8.05. The van der Waals surface area contributed by atoms with Gasteiger partial charge in [0, 0.05) is 12.1 Å². The van der Waals surface area contributed by atoms with E-state index in [1.807, 2.05) is 37.3 Å². The molecule has 1 aliphatic heterocycles. The number of nitrogens with one attached hydrogen (secondary N) is 1. The zero-order valence-electron chi connectivity index (χ0n) is 23.0. The number of carbonyl (C=O) groups is 3. The van der Waals surface area contributed by atoms with Gasteiger partial charge in [0.25, 0.3) is 0 Å². The molecule has 1 N–H and O–H groups in total. The van der Waals surface area contributed by atoms with Crippen molar-refractivity contribution in [3.8, 4) is 0 Å². The minimum Gasteiger partial charge on any atom is -0.342 e. The fourth-order valence-corrected chi connectivity index (χ4v) is 6.84. The average Bonchev–Trinajstić information content (AvgIpc) is 3.32. The van der Waals surface area contributed by atoms with Crippen LogP contribution >= 0.6 is 0 Å². The summed E-state index contributed by atoms with van der Waals surface area (Å²) in [4.78, 5) is 48.7. The Labute approximate surface area is 226 Å². The molecule has 2 aromatic rings. The number of nitrogens with zero attached hydrogens (tertiary/aromatic N) is 2. The molecule has 0 bridgehead atoms. The van der Waals surface area contributed by atoms with E-state index in [-0.39, 0.29) is 29.4 Å². The Morgan fingerprint density at radius 1 is 1.00 bits per heavy atom. The molecule has 6 heteroatoms. The molecule has 2 heterocycles. The standard InChI is InChI=1S/C32H41N3O3/c1-20(2)16-27-31(37)34-29(25-18-23-13-7-8-14-24(23)19-25)32(38)35(27)30(26-15-9-10-21(3)33-26)28(36)17-22-11-5-4-6-12-22/h7-10,13-15,20,22,25,27,29-30H,4-6,11-12,16-19H2,1-3H3,(H,34,37)/t27-,29-,30?/m1/s1. The molecule has 1 unspecified atom stereocenters. The van der Waals surface area contributed by atoms with Crippen molar-refractivity contribution in [3.63, 3.8) is 0 Å². The first kappa shape index (κ1) is 26.6. The van der Waals surface area contributed by atoms with Crippen LogP contribution in [0.2, 0.25) is 0 Å². The Hall–Kier alpha value is -3.02. The number of hydrogen-bond donors (Lipinski definition) is 1. The van der Waals surface area contributed by atoms with Gasteiger partial charge in [-0.2, -0.15) is 0 Å². The van der Waals surface area contributed by atoms with Crippen molar-refractivity contribution in [2.45, 2.75) is 96.7 Å². The lowest BCUT2D eigenvalue weighted by molar-refractivity contribution is -0.157. The lowest BCUT2D eigenvalue weighted by Gasteiger charge is -2.45. The third-order valence-corrected chi connectivity index (χ3v) is 8.69. The maximum absolute atomic E-state index is 14.4. The van der Waals surface area contributed by atoms with E-state index in [0.29, 0.717) is 24.5 Å². The number of benzene rings is 1. The quantitative estimate of drug-likeness (QED) is 0.529. The van der Waals surface area contributed by atoms with Crippen LogP contribution in [-0.2, 0) is 27.2 Å². The molecule has 6 nitrogen and oxygen atoms in total. The number of ketones is 1. The number of piperazine rings is 1. The van der Waals surface area contributed by atoms with Crippen molar-refractivity contribution in [1.82, 2.24) is 15.2 Å². The second-order valence-electron chi connectivity index (χ2n) is 12.1. The summed E-state index contributed by atoms with van der Waals surface area (Å²) >= 11 is 0. The molecule has 3 aliphatic rings. The van der Waals surface area contributed by atoms with Gasteiger partial charge < -0.3 is 10.2 Å². The SMILES string of the molecule is Cc1cccc(C(C(=O)CC2CCCCC2)N2C(=O)[C@@H](C3Cc4ccccc4C3)NC(=O)[C@H]2CC(C)C)n1. The van der Waals surface area contributed by atoms with Crippen LogP contribution in [0.15, 0.2) is 42.5 Å². The van der Waals surface area contributed by atoms with Crippen molar-refractivity contribution >= 4 is 17.6 Å². The number of Topliss-reactive ketones (excluding diaryl/α,β-unsaturated/α-hetero) is 1.